The fraction of sp³-hybridized carbons (Fsp3) is 0.400. The Labute approximate surface area is 108 Å². The minimum atomic E-state index is 0.407. The number of nitrogens with zero attached hydrogens (tertiary/aromatic N) is 2. The molecule has 1 N–H and O–H groups in total. The first-order valence-corrected chi connectivity index (χ1v) is 6.36. The molecular weight excluding hydrogens is 222 g/mol. The lowest BCUT2D eigenvalue weighted by Crippen LogP contribution is -2.19. The van der Waals surface area contributed by atoms with Crippen molar-refractivity contribution in [2.45, 2.75) is 26.9 Å². The van der Waals surface area contributed by atoms with Gasteiger partial charge in [0.2, 0.25) is 0 Å². The van der Waals surface area contributed by atoms with Gasteiger partial charge in [-0.2, -0.15) is 5.26 Å². The number of rotatable bonds is 5. The van der Waals surface area contributed by atoms with E-state index in [1.807, 2.05) is 10.8 Å². The summed E-state index contributed by atoms with van der Waals surface area (Å²) in [5.41, 5.74) is 2.43. The lowest BCUT2D eigenvalue weighted by Gasteiger charge is -2.10. The molecule has 18 heavy (non-hydrogen) atoms. The second kappa shape index (κ2) is 5.70. The quantitative estimate of drug-likeness (QED) is 0.874. The summed E-state index contributed by atoms with van der Waals surface area (Å²) >= 11 is 0. The van der Waals surface area contributed by atoms with Crippen molar-refractivity contribution in [2.24, 2.45) is 5.92 Å². The molecule has 3 nitrogen and oxygen atoms in total. The van der Waals surface area contributed by atoms with Gasteiger partial charge in [0.05, 0.1) is 11.6 Å². The molecule has 1 aromatic carbocycles. The monoisotopic (exact) mass is 241 g/mol. The third kappa shape index (κ3) is 2.72. The predicted molar refractivity (Wildman–Crippen MR) is 74.1 cm³/mol. The summed E-state index contributed by atoms with van der Waals surface area (Å²) < 4.78 is 2.02. The van der Waals surface area contributed by atoms with Crippen LogP contribution in [0.1, 0.15) is 19.4 Å². The van der Waals surface area contributed by atoms with E-state index in [9.17, 15) is 0 Å². The number of aromatic nitrogens is 1. The molecule has 3 heteroatoms. The van der Waals surface area contributed by atoms with E-state index in [4.69, 9.17) is 5.26 Å². The van der Waals surface area contributed by atoms with Crippen molar-refractivity contribution in [3.63, 3.8) is 0 Å². The summed E-state index contributed by atoms with van der Waals surface area (Å²) in [7, 11) is 0. The molecule has 1 heterocycles. The third-order valence-electron chi connectivity index (χ3n) is 2.98. The standard InChI is InChI=1S/C15H19N3/c1-12(2)10-17-11-14-5-3-4-13-6-8-18(9-7-16)15(13)14/h3-6,8,12,17H,9-11H2,1-2H3. The summed E-state index contributed by atoms with van der Waals surface area (Å²) in [5.74, 6) is 0.648. The van der Waals surface area contributed by atoms with Crippen LogP contribution in [0.15, 0.2) is 30.5 Å². The smallest absolute Gasteiger partial charge is 0.110 e. The lowest BCUT2D eigenvalue weighted by atomic mass is 10.1. The molecule has 0 fully saturated rings. The Morgan fingerprint density at radius 1 is 1.33 bits per heavy atom. The van der Waals surface area contributed by atoms with E-state index in [1.165, 1.54) is 16.5 Å². The molecule has 2 rings (SSSR count). The predicted octanol–water partition coefficient (Wildman–Crippen LogP) is 2.91. The first kappa shape index (κ1) is 12.7. The van der Waals surface area contributed by atoms with Gasteiger partial charge in [-0.1, -0.05) is 32.0 Å². The fourth-order valence-electron chi connectivity index (χ4n) is 2.19. The van der Waals surface area contributed by atoms with Gasteiger partial charge in [0.25, 0.3) is 0 Å². The van der Waals surface area contributed by atoms with Crippen LogP contribution in [0.5, 0.6) is 0 Å². The lowest BCUT2D eigenvalue weighted by molar-refractivity contribution is 0.553. The highest BCUT2D eigenvalue weighted by Gasteiger charge is 2.06. The molecule has 0 amide bonds. The molecule has 1 aromatic heterocycles. The van der Waals surface area contributed by atoms with Gasteiger partial charge < -0.3 is 9.88 Å². The van der Waals surface area contributed by atoms with Crippen LogP contribution in [0.4, 0.5) is 0 Å². The Morgan fingerprint density at radius 3 is 2.89 bits per heavy atom. The summed E-state index contributed by atoms with van der Waals surface area (Å²) in [5, 5.41) is 13.5. The third-order valence-corrected chi connectivity index (χ3v) is 2.98. The molecule has 0 bridgehead atoms. The van der Waals surface area contributed by atoms with Crippen molar-refractivity contribution in [1.82, 2.24) is 9.88 Å². The van der Waals surface area contributed by atoms with Gasteiger partial charge in [-0.25, -0.2) is 0 Å². The molecule has 2 aromatic rings. The van der Waals surface area contributed by atoms with E-state index in [2.05, 4.69) is 49.5 Å². The van der Waals surface area contributed by atoms with E-state index in [1.54, 1.807) is 0 Å². The number of nitriles is 1. The number of para-hydroxylation sites is 1. The molecule has 0 aliphatic rings. The Morgan fingerprint density at radius 2 is 2.17 bits per heavy atom. The number of fused-ring (bicyclic) bond motifs is 1. The fourth-order valence-corrected chi connectivity index (χ4v) is 2.19. The normalized spacial score (nSPS) is 11.0. The zero-order chi connectivity index (χ0) is 13.0. The summed E-state index contributed by atoms with van der Waals surface area (Å²) in [6, 6.07) is 10.6. The van der Waals surface area contributed by atoms with Crippen LogP contribution >= 0.6 is 0 Å². The number of nitrogens with one attached hydrogen (secondary N) is 1. The zero-order valence-electron chi connectivity index (χ0n) is 11.0. The molecule has 0 atom stereocenters. The maximum absolute atomic E-state index is 8.85. The molecule has 0 aliphatic carbocycles. The van der Waals surface area contributed by atoms with E-state index in [0.29, 0.717) is 12.5 Å². The van der Waals surface area contributed by atoms with Crippen LogP contribution < -0.4 is 5.32 Å². The van der Waals surface area contributed by atoms with Crippen LogP contribution in [-0.2, 0) is 13.1 Å². The number of benzene rings is 1. The van der Waals surface area contributed by atoms with Gasteiger partial charge >= 0.3 is 0 Å². The van der Waals surface area contributed by atoms with Gasteiger partial charge in [-0.05, 0) is 29.5 Å². The van der Waals surface area contributed by atoms with Crippen LogP contribution in [-0.4, -0.2) is 11.1 Å². The van der Waals surface area contributed by atoms with Crippen LogP contribution in [0.25, 0.3) is 10.9 Å². The molecule has 0 aliphatic heterocycles. The highest BCUT2D eigenvalue weighted by Crippen LogP contribution is 2.20. The highest BCUT2D eigenvalue weighted by molar-refractivity contribution is 5.83. The summed E-state index contributed by atoms with van der Waals surface area (Å²) in [6.45, 7) is 6.67. The maximum Gasteiger partial charge on any atom is 0.110 e. The summed E-state index contributed by atoms with van der Waals surface area (Å²) in [4.78, 5) is 0. The minimum Gasteiger partial charge on any atom is -0.333 e. The van der Waals surface area contributed by atoms with Crippen molar-refractivity contribution in [3.05, 3.63) is 36.0 Å². The Bertz CT molecular complexity index is 561. The van der Waals surface area contributed by atoms with E-state index in [-0.39, 0.29) is 0 Å². The molecule has 0 saturated heterocycles. The Kier molecular flexibility index (Phi) is 4.01. The molecule has 94 valence electrons. The summed E-state index contributed by atoms with van der Waals surface area (Å²) in [6.07, 6.45) is 1.99. The van der Waals surface area contributed by atoms with Crippen molar-refractivity contribution >= 4 is 10.9 Å². The minimum absolute atomic E-state index is 0.407. The first-order chi connectivity index (χ1) is 8.72. The van der Waals surface area contributed by atoms with Gasteiger partial charge in [0.15, 0.2) is 0 Å². The largest absolute Gasteiger partial charge is 0.333 e. The SMILES string of the molecule is CC(C)CNCc1cccc2ccn(CC#N)c12. The number of hydrogen-bond donors (Lipinski definition) is 1. The van der Waals surface area contributed by atoms with Crippen molar-refractivity contribution in [1.29, 1.82) is 5.26 Å². The van der Waals surface area contributed by atoms with Crippen molar-refractivity contribution in [3.8, 4) is 6.07 Å². The van der Waals surface area contributed by atoms with Gasteiger partial charge in [0.1, 0.15) is 6.54 Å². The second-order valence-corrected chi connectivity index (χ2v) is 4.98. The number of hydrogen-bond acceptors (Lipinski definition) is 2. The highest BCUT2D eigenvalue weighted by atomic mass is 15.0. The molecule has 0 radical (unpaired) electrons. The van der Waals surface area contributed by atoms with E-state index >= 15 is 0 Å². The zero-order valence-corrected chi connectivity index (χ0v) is 11.0. The van der Waals surface area contributed by atoms with E-state index in [0.717, 1.165) is 13.1 Å². The maximum atomic E-state index is 8.85. The average Bonchev–Trinajstić information content (AvgIpc) is 2.74. The molecule has 0 unspecified atom stereocenters. The molecule has 0 spiro atoms. The van der Waals surface area contributed by atoms with Gasteiger partial charge in [-0.3, -0.25) is 0 Å². The average molecular weight is 241 g/mol. The van der Waals surface area contributed by atoms with Crippen LogP contribution in [0.3, 0.4) is 0 Å². The Balaban J connectivity index is 2.26. The van der Waals surface area contributed by atoms with Crippen LogP contribution in [0, 0.1) is 17.2 Å². The molecule has 0 saturated carbocycles. The molecular formula is C15H19N3. The topological polar surface area (TPSA) is 40.8 Å². The van der Waals surface area contributed by atoms with Gasteiger partial charge in [0, 0.05) is 12.7 Å². The van der Waals surface area contributed by atoms with Crippen molar-refractivity contribution < 1.29 is 0 Å². The first-order valence-electron chi connectivity index (χ1n) is 6.36. The van der Waals surface area contributed by atoms with Gasteiger partial charge in [-0.15, -0.1) is 0 Å². The van der Waals surface area contributed by atoms with Crippen LogP contribution in [0.2, 0.25) is 0 Å². The Hall–Kier alpha value is -1.79. The second-order valence-electron chi connectivity index (χ2n) is 4.98. The van der Waals surface area contributed by atoms with E-state index < -0.39 is 0 Å². The van der Waals surface area contributed by atoms with Crippen molar-refractivity contribution in [2.75, 3.05) is 6.54 Å².